The van der Waals surface area contributed by atoms with E-state index >= 15 is 0 Å². The lowest BCUT2D eigenvalue weighted by Gasteiger charge is -2.14. The van der Waals surface area contributed by atoms with Crippen LogP contribution in [-0.2, 0) is 24.3 Å². The summed E-state index contributed by atoms with van der Waals surface area (Å²) in [6.07, 6.45) is 1.88. The summed E-state index contributed by atoms with van der Waals surface area (Å²) in [7, 11) is 3.10. The first kappa shape index (κ1) is 23.7. The van der Waals surface area contributed by atoms with Crippen molar-refractivity contribution in [1.82, 2.24) is 14.1 Å². The van der Waals surface area contributed by atoms with Gasteiger partial charge in [0.15, 0.2) is 17.0 Å². The Morgan fingerprint density at radius 2 is 1.71 bits per heavy atom. The van der Waals surface area contributed by atoms with Crippen LogP contribution in [0.3, 0.4) is 0 Å². The summed E-state index contributed by atoms with van der Waals surface area (Å²) in [4.78, 5) is 43.4. The first-order chi connectivity index (χ1) is 16.9. The number of amides is 1. The largest absolute Gasteiger partial charge is 0.493 e. The Kier molecular flexibility index (Phi) is 6.96. The van der Waals surface area contributed by atoms with Crippen LogP contribution < -0.4 is 26.0 Å². The highest BCUT2D eigenvalue weighted by Crippen LogP contribution is 2.27. The molecule has 2 aromatic heterocycles. The van der Waals surface area contributed by atoms with Crippen LogP contribution in [0.15, 0.2) is 70.4 Å². The monoisotopic (exact) mass is 474 g/mol. The fourth-order valence-corrected chi connectivity index (χ4v) is 3.85. The molecule has 0 bridgehead atoms. The quantitative estimate of drug-likeness (QED) is 0.421. The fourth-order valence-electron chi connectivity index (χ4n) is 3.85. The van der Waals surface area contributed by atoms with Gasteiger partial charge < -0.3 is 14.8 Å². The van der Waals surface area contributed by atoms with Crippen LogP contribution in [0.5, 0.6) is 11.5 Å². The van der Waals surface area contributed by atoms with Crippen molar-refractivity contribution in [2.45, 2.75) is 26.4 Å². The average Bonchev–Trinajstić information content (AvgIpc) is 2.87. The van der Waals surface area contributed by atoms with Gasteiger partial charge >= 0.3 is 5.69 Å². The highest BCUT2D eigenvalue weighted by molar-refractivity contribution is 5.91. The summed E-state index contributed by atoms with van der Waals surface area (Å²) in [5, 5.41) is 2.79. The zero-order chi connectivity index (χ0) is 24.9. The van der Waals surface area contributed by atoms with Crippen molar-refractivity contribution in [1.29, 1.82) is 0 Å². The van der Waals surface area contributed by atoms with Crippen molar-refractivity contribution in [3.05, 3.63) is 92.8 Å². The first-order valence-electron chi connectivity index (χ1n) is 11.1. The van der Waals surface area contributed by atoms with Gasteiger partial charge in [0, 0.05) is 18.4 Å². The van der Waals surface area contributed by atoms with E-state index in [9.17, 15) is 14.4 Å². The van der Waals surface area contributed by atoms with Crippen molar-refractivity contribution in [2.24, 2.45) is 0 Å². The van der Waals surface area contributed by atoms with Crippen molar-refractivity contribution in [3.63, 3.8) is 0 Å². The maximum atomic E-state index is 13.4. The van der Waals surface area contributed by atoms with Gasteiger partial charge in [0.25, 0.3) is 5.56 Å². The minimum atomic E-state index is -0.574. The van der Waals surface area contributed by atoms with Crippen molar-refractivity contribution < 1.29 is 14.3 Å². The standard InChI is InChI=1S/C26H26N4O5/c1-17-6-9-19(10-7-17)28-23(31)16-30-20-5-4-13-27-24(20)25(32)29(26(30)33)14-12-18-8-11-21(34-2)22(15-18)35-3/h4-11,13,15H,12,14,16H2,1-3H3,(H,28,31). The third kappa shape index (κ3) is 5.08. The van der Waals surface area contributed by atoms with Crippen LogP contribution in [0.4, 0.5) is 5.69 Å². The molecule has 180 valence electrons. The van der Waals surface area contributed by atoms with Crippen LogP contribution in [0, 0.1) is 6.92 Å². The van der Waals surface area contributed by atoms with E-state index in [4.69, 9.17) is 9.47 Å². The van der Waals surface area contributed by atoms with E-state index in [0.717, 1.165) is 15.7 Å². The fraction of sp³-hybridized carbons (Fsp3) is 0.231. The molecule has 0 saturated heterocycles. The number of carbonyl (C=O) groups excluding carboxylic acids is 1. The highest BCUT2D eigenvalue weighted by Gasteiger charge is 2.17. The number of anilines is 1. The molecule has 0 spiro atoms. The van der Waals surface area contributed by atoms with E-state index in [-0.39, 0.29) is 24.5 Å². The number of hydrogen-bond donors (Lipinski definition) is 1. The molecule has 1 amide bonds. The van der Waals surface area contributed by atoms with Crippen LogP contribution in [0.25, 0.3) is 11.0 Å². The molecule has 9 heteroatoms. The molecule has 0 saturated carbocycles. The number of aromatic nitrogens is 3. The number of benzene rings is 2. The maximum Gasteiger partial charge on any atom is 0.332 e. The topological polar surface area (TPSA) is 104 Å². The number of carbonyl (C=O) groups is 1. The number of rotatable bonds is 8. The van der Waals surface area contributed by atoms with Crippen molar-refractivity contribution >= 4 is 22.6 Å². The molecule has 0 fully saturated rings. The molecule has 4 rings (SSSR count). The minimum absolute atomic E-state index is 0.110. The maximum absolute atomic E-state index is 13.4. The van der Waals surface area contributed by atoms with Crippen LogP contribution in [-0.4, -0.2) is 34.2 Å². The van der Waals surface area contributed by atoms with Gasteiger partial charge in [-0.1, -0.05) is 23.8 Å². The van der Waals surface area contributed by atoms with Gasteiger partial charge in [-0.3, -0.25) is 18.7 Å². The number of nitrogens with one attached hydrogen (secondary N) is 1. The number of ether oxygens (including phenoxy) is 2. The van der Waals surface area contributed by atoms with Gasteiger partial charge in [-0.2, -0.15) is 0 Å². The molecule has 0 unspecified atom stereocenters. The molecule has 0 atom stereocenters. The summed E-state index contributed by atoms with van der Waals surface area (Å²) in [5.74, 6) is 0.763. The number of aryl methyl sites for hydroxylation is 2. The average molecular weight is 475 g/mol. The van der Waals surface area contributed by atoms with E-state index < -0.39 is 11.2 Å². The molecule has 35 heavy (non-hydrogen) atoms. The van der Waals surface area contributed by atoms with Crippen LogP contribution in [0.2, 0.25) is 0 Å². The smallest absolute Gasteiger partial charge is 0.332 e. The Morgan fingerprint density at radius 3 is 2.43 bits per heavy atom. The summed E-state index contributed by atoms with van der Waals surface area (Å²) in [5.41, 5.74) is 1.91. The van der Waals surface area contributed by atoms with Crippen LogP contribution >= 0.6 is 0 Å². The van der Waals surface area contributed by atoms with Crippen molar-refractivity contribution in [2.75, 3.05) is 19.5 Å². The number of nitrogens with zero attached hydrogens (tertiary/aromatic N) is 3. The SMILES string of the molecule is COc1ccc(CCn2c(=O)c3ncccc3n(CC(=O)Nc3ccc(C)cc3)c2=O)cc1OC. The summed E-state index contributed by atoms with van der Waals surface area (Å²) in [6.45, 7) is 1.81. The van der Waals surface area contributed by atoms with E-state index in [2.05, 4.69) is 10.3 Å². The number of fused-ring (bicyclic) bond motifs is 1. The summed E-state index contributed by atoms with van der Waals surface area (Å²) in [6, 6.07) is 16.0. The lowest BCUT2D eigenvalue weighted by molar-refractivity contribution is -0.116. The van der Waals surface area contributed by atoms with Gasteiger partial charge in [-0.15, -0.1) is 0 Å². The summed E-state index contributed by atoms with van der Waals surface area (Å²) >= 11 is 0. The van der Waals surface area contributed by atoms with E-state index in [0.29, 0.717) is 29.1 Å². The molecule has 9 nitrogen and oxygen atoms in total. The zero-order valence-electron chi connectivity index (χ0n) is 19.8. The second kappa shape index (κ2) is 10.3. The second-order valence-corrected chi connectivity index (χ2v) is 8.05. The highest BCUT2D eigenvalue weighted by atomic mass is 16.5. The Bertz CT molecular complexity index is 1490. The molecule has 4 aromatic rings. The Balaban J connectivity index is 1.66. The van der Waals surface area contributed by atoms with E-state index in [1.807, 2.05) is 25.1 Å². The predicted molar refractivity (Wildman–Crippen MR) is 133 cm³/mol. The third-order valence-corrected chi connectivity index (χ3v) is 5.70. The number of pyridine rings is 1. The van der Waals surface area contributed by atoms with Gasteiger partial charge in [0.1, 0.15) is 6.54 Å². The molecule has 0 aliphatic heterocycles. The van der Waals surface area contributed by atoms with E-state index in [1.54, 1.807) is 50.6 Å². The number of hydrogen-bond acceptors (Lipinski definition) is 6. The third-order valence-electron chi connectivity index (χ3n) is 5.70. The summed E-state index contributed by atoms with van der Waals surface area (Å²) < 4.78 is 13.0. The Labute approximate surface area is 201 Å². The van der Waals surface area contributed by atoms with Crippen LogP contribution in [0.1, 0.15) is 11.1 Å². The first-order valence-corrected chi connectivity index (χ1v) is 11.1. The lowest BCUT2D eigenvalue weighted by atomic mass is 10.1. The molecule has 1 N–H and O–H groups in total. The molecule has 2 heterocycles. The minimum Gasteiger partial charge on any atom is -0.493 e. The predicted octanol–water partition coefficient (Wildman–Crippen LogP) is 2.77. The molecule has 2 aromatic carbocycles. The van der Waals surface area contributed by atoms with Gasteiger partial charge in [0.2, 0.25) is 5.91 Å². The van der Waals surface area contributed by atoms with Gasteiger partial charge in [0.05, 0.1) is 19.7 Å². The molecule has 0 aliphatic carbocycles. The lowest BCUT2D eigenvalue weighted by Crippen LogP contribution is -2.42. The zero-order valence-corrected chi connectivity index (χ0v) is 19.8. The van der Waals surface area contributed by atoms with Gasteiger partial charge in [-0.25, -0.2) is 9.78 Å². The van der Waals surface area contributed by atoms with Crippen molar-refractivity contribution in [3.8, 4) is 11.5 Å². The normalized spacial score (nSPS) is 10.8. The van der Waals surface area contributed by atoms with Gasteiger partial charge in [-0.05, 0) is 55.3 Å². The molecular weight excluding hydrogens is 448 g/mol. The van der Waals surface area contributed by atoms with E-state index in [1.165, 1.54) is 10.8 Å². The molecular formula is C26H26N4O5. The number of methoxy groups -OCH3 is 2. The second-order valence-electron chi connectivity index (χ2n) is 8.05. The molecule has 0 aliphatic rings. The molecule has 0 radical (unpaired) electrons. The Hall–Kier alpha value is -4.40. The Morgan fingerprint density at radius 1 is 0.971 bits per heavy atom.